The number of esters is 1. The van der Waals surface area contributed by atoms with E-state index in [0.717, 1.165) is 12.1 Å². The lowest BCUT2D eigenvalue weighted by Crippen LogP contribution is -2.21. The fourth-order valence-corrected chi connectivity index (χ4v) is 2.59. The standard InChI is InChI=1S/C20H16F2N4O3/c1-2-29-20(28)15-7-6-11(10-25-15)17(23)16-14(8-9-24-19(16)27)26-18-12(21)4-3-5-13(18)22/h3-10,23H,2H2,1H3,(H2,24,26,27). The van der Waals surface area contributed by atoms with Crippen molar-refractivity contribution in [2.45, 2.75) is 6.92 Å². The zero-order valence-electron chi connectivity index (χ0n) is 15.3. The summed E-state index contributed by atoms with van der Waals surface area (Å²) in [5.41, 5.74) is -1.13. The van der Waals surface area contributed by atoms with Gasteiger partial charge in [-0.25, -0.2) is 18.6 Å². The van der Waals surface area contributed by atoms with Gasteiger partial charge in [0.05, 0.1) is 23.6 Å². The van der Waals surface area contributed by atoms with Crippen molar-refractivity contribution in [2.75, 3.05) is 11.9 Å². The van der Waals surface area contributed by atoms with Gasteiger partial charge in [-0.05, 0) is 37.3 Å². The van der Waals surface area contributed by atoms with Crippen LogP contribution in [0.15, 0.2) is 53.6 Å². The van der Waals surface area contributed by atoms with Crippen molar-refractivity contribution >= 4 is 23.1 Å². The van der Waals surface area contributed by atoms with Crippen LogP contribution >= 0.6 is 0 Å². The number of H-pyrrole nitrogens is 1. The molecule has 0 aliphatic rings. The highest BCUT2D eigenvalue weighted by Gasteiger charge is 2.18. The van der Waals surface area contributed by atoms with Crippen molar-refractivity contribution < 1.29 is 18.3 Å². The minimum atomic E-state index is -0.844. The quantitative estimate of drug-likeness (QED) is 0.436. The molecule has 0 saturated heterocycles. The highest BCUT2D eigenvalue weighted by molar-refractivity contribution is 6.14. The van der Waals surface area contributed by atoms with Crippen LogP contribution in [-0.2, 0) is 4.74 Å². The van der Waals surface area contributed by atoms with Gasteiger partial charge in [0.25, 0.3) is 5.56 Å². The maximum absolute atomic E-state index is 14.0. The van der Waals surface area contributed by atoms with E-state index in [9.17, 15) is 18.4 Å². The summed E-state index contributed by atoms with van der Waals surface area (Å²) in [5.74, 6) is -2.30. The molecule has 0 saturated carbocycles. The Kier molecular flexibility index (Phi) is 5.77. The van der Waals surface area contributed by atoms with Crippen molar-refractivity contribution in [2.24, 2.45) is 0 Å². The second-order valence-corrected chi connectivity index (χ2v) is 5.84. The molecule has 9 heteroatoms. The second kappa shape index (κ2) is 8.42. The van der Waals surface area contributed by atoms with Crippen molar-refractivity contribution in [3.8, 4) is 0 Å². The van der Waals surface area contributed by atoms with Gasteiger partial charge < -0.3 is 15.0 Å². The van der Waals surface area contributed by atoms with Crippen molar-refractivity contribution in [1.29, 1.82) is 5.41 Å². The minimum Gasteiger partial charge on any atom is -0.461 e. The van der Waals surface area contributed by atoms with Crippen LogP contribution in [0.4, 0.5) is 20.2 Å². The molecule has 0 aliphatic heterocycles. The lowest BCUT2D eigenvalue weighted by molar-refractivity contribution is 0.0519. The molecule has 1 aromatic carbocycles. The number of ether oxygens (including phenoxy) is 1. The number of para-hydroxylation sites is 1. The number of nitrogens with zero attached hydrogens (tertiary/aromatic N) is 1. The SMILES string of the molecule is CCOC(=O)c1ccc(C(=N)c2c(Nc3c(F)cccc3F)cc[nH]c2=O)cn1. The molecule has 3 aromatic rings. The van der Waals surface area contributed by atoms with Gasteiger partial charge in [-0.3, -0.25) is 10.2 Å². The van der Waals surface area contributed by atoms with E-state index in [-0.39, 0.29) is 34.8 Å². The van der Waals surface area contributed by atoms with Crippen molar-refractivity contribution in [3.05, 3.63) is 87.6 Å². The summed E-state index contributed by atoms with van der Waals surface area (Å²) in [6, 6.07) is 7.54. The Balaban J connectivity index is 1.98. The molecule has 2 heterocycles. The molecule has 2 aromatic heterocycles. The molecule has 3 rings (SSSR count). The average Bonchev–Trinajstić information content (AvgIpc) is 2.71. The van der Waals surface area contributed by atoms with Crippen LogP contribution in [-0.4, -0.2) is 28.3 Å². The summed E-state index contributed by atoms with van der Waals surface area (Å²) in [6.07, 6.45) is 2.54. The molecule has 7 nitrogen and oxygen atoms in total. The molecule has 0 aliphatic carbocycles. The Labute approximate surface area is 163 Å². The summed E-state index contributed by atoms with van der Waals surface area (Å²) in [6.45, 7) is 1.86. The average molecular weight is 398 g/mol. The van der Waals surface area contributed by atoms with Gasteiger partial charge >= 0.3 is 5.97 Å². The van der Waals surface area contributed by atoms with Crippen molar-refractivity contribution in [1.82, 2.24) is 9.97 Å². The highest BCUT2D eigenvalue weighted by Crippen LogP contribution is 2.25. The number of carbonyl (C=O) groups is 1. The van der Waals surface area contributed by atoms with Crippen LogP contribution in [0.5, 0.6) is 0 Å². The summed E-state index contributed by atoms with van der Waals surface area (Å²) < 4.78 is 32.8. The van der Waals surface area contributed by atoms with Crippen LogP contribution in [0.3, 0.4) is 0 Å². The number of aromatic nitrogens is 2. The molecular formula is C20H16F2N4O3. The van der Waals surface area contributed by atoms with Crippen LogP contribution in [0.1, 0.15) is 28.5 Å². The number of nitrogens with one attached hydrogen (secondary N) is 3. The van der Waals surface area contributed by atoms with Crippen LogP contribution < -0.4 is 10.9 Å². The van der Waals surface area contributed by atoms with Gasteiger partial charge in [0.1, 0.15) is 23.0 Å². The summed E-state index contributed by atoms with van der Waals surface area (Å²) in [5, 5.41) is 10.9. The van der Waals surface area contributed by atoms with Gasteiger partial charge in [-0.2, -0.15) is 0 Å². The van der Waals surface area contributed by atoms with E-state index >= 15 is 0 Å². The van der Waals surface area contributed by atoms with E-state index in [2.05, 4.69) is 15.3 Å². The molecule has 0 radical (unpaired) electrons. The van der Waals surface area contributed by atoms with Crippen molar-refractivity contribution in [3.63, 3.8) is 0 Å². The van der Waals surface area contributed by atoms with Crippen LogP contribution in [0, 0.1) is 17.0 Å². The normalized spacial score (nSPS) is 10.4. The molecule has 148 valence electrons. The third-order valence-electron chi connectivity index (χ3n) is 3.97. The van der Waals surface area contributed by atoms with Crippen LogP contribution in [0.25, 0.3) is 0 Å². The monoisotopic (exact) mass is 398 g/mol. The molecule has 3 N–H and O–H groups in total. The lowest BCUT2D eigenvalue weighted by Gasteiger charge is -2.13. The number of hydrogen-bond acceptors (Lipinski definition) is 6. The molecule has 0 spiro atoms. The Bertz CT molecular complexity index is 1110. The first kappa shape index (κ1) is 19.9. The van der Waals surface area contributed by atoms with E-state index in [0.29, 0.717) is 0 Å². The maximum Gasteiger partial charge on any atom is 0.356 e. The number of benzene rings is 1. The highest BCUT2D eigenvalue weighted by atomic mass is 19.1. The zero-order chi connectivity index (χ0) is 21.0. The molecule has 0 bridgehead atoms. The third kappa shape index (κ3) is 4.18. The number of carbonyl (C=O) groups excluding carboxylic acids is 1. The molecule has 0 unspecified atom stereocenters. The molecule has 29 heavy (non-hydrogen) atoms. The molecule has 0 atom stereocenters. The van der Waals surface area contributed by atoms with Gasteiger partial charge in [0.15, 0.2) is 0 Å². The number of pyridine rings is 2. The number of hydrogen-bond donors (Lipinski definition) is 3. The van der Waals surface area contributed by atoms with Gasteiger partial charge in [-0.1, -0.05) is 6.07 Å². The smallest absolute Gasteiger partial charge is 0.356 e. The fourth-order valence-electron chi connectivity index (χ4n) is 2.59. The van der Waals surface area contributed by atoms with E-state index in [4.69, 9.17) is 10.1 Å². The number of aromatic amines is 1. The summed E-state index contributed by atoms with van der Waals surface area (Å²) in [7, 11) is 0. The Morgan fingerprint density at radius 3 is 2.55 bits per heavy atom. The summed E-state index contributed by atoms with van der Waals surface area (Å²) in [4.78, 5) is 30.4. The topological polar surface area (TPSA) is 108 Å². The maximum atomic E-state index is 14.0. The summed E-state index contributed by atoms with van der Waals surface area (Å²) >= 11 is 0. The van der Waals surface area contributed by atoms with E-state index < -0.39 is 28.9 Å². The van der Waals surface area contributed by atoms with Crippen LogP contribution in [0.2, 0.25) is 0 Å². The largest absolute Gasteiger partial charge is 0.461 e. The molecule has 0 fully saturated rings. The predicted octanol–water partition coefficient (Wildman–Crippen LogP) is 3.38. The first-order valence-electron chi connectivity index (χ1n) is 8.57. The lowest BCUT2D eigenvalue weighted by atomic mass is 10.0. The van der Waals surface area contributed by atoms with Gasteiger partial charge in [0, 0.05) is 18.0 Å². The van der Waals surface area contributed by atoms with Gasteiger partial charge in [0.2, 0.25) is 0 Å². The van der Waals surface area contributed by atoms with E-state index in [1.165, 1.54) is 36.7 Å². The van der Waals surface area contributed by atoms with E-state index in [1.54, 1.807) is 6.92 Å². The Morgan fingerprint density at radius 2 is 1.93 bits per heavy atom. The minimum absolute atomic E-state index is 0.0391. The number of rotatable bonds is 6. The first-order valence-corrected chi connectivity index (χ1v) is 8.57. The number of halogens is 2. The third-order valence-corrected chi connectivity index (χ3v) is 3.97. The zero-order valence-corrected chi connectivity index (χ0v) is 15.3. The molecular weight excluding hydrogens is 382 g/mol. The second-order valence-electron chi connectivity index (χ2n) is 5.84. The number of anilines is 2. The van der Waals surface area contributed by atoms with Gasteiger partial charge in [-0.15, -0.1) is 0 Å². The van der Waals surface area contributed by atoms with E-state index in [1.807, 2.05) is 0 Å². The Morgan fingerprint density at radius 1 is 1.21 bits per heavy atom. The first-order chi connectivity index (χ1) is 13.9. The molecule has 0 amide bonds. The Hall–Kier alpha value is -3.88. The fraction of sp³-hybridized carbons (Fsp3) is 0.100. The predicted molar refractivity (Wildman–Crippen MR) is 103 cm³/mol.